The van der Waals surface area contributed by atoms with Gasteiger partial charge in [-0.3, -0.25) is 0 Å². The van der Waals surface area contributed by atoms with E-state index in [9.17, 15) is 8.78 Å². The van der Waals surface area contributed by atoms with Crippen molar-refractivity contribution in [3.63, 3.8) is 0 Å². The predicted molar refractivity (Wildman–Crippen MR) is 58.1 cm³/mol. The van der Waals surface area contributed by atoms with Gasteiger partial charge in [-0.15, -0.1) is 0 Å². The Labute approximate surface area is 97.5 Å². The molecule has 1 aliphatic heterocycles. The highest BCUT2D eigenvalue weighted by Gasteiger charge is 2.27. The Hall–Kier alpha value is -0.870. The zero-order valence-electron chi connectivity index (χ0n) is 8.82. The lowest BCUT2D eigenvalue weighted by molar-refractivity contribution is 0.372. The van der Waals surface area contributed by atoms with Crippen molar-refractivity contribution in [3.05, 3.63) is 28.3 Å². The van der Waals surface area contributed by atoms with Gasteiger partial charge in [-0.2, -0.15) is 0 Å². The van der Waals surface area contributed by atoms with Crippen molar-refractivity contribution in [1.82, 2.24) is 5.32 Å². The van der Waals surface area contributed by atoms with E-state index >= 15 is 0 Å². The maximum absolute atomic E-state index is 13.9. The van der Waals surface area contributed by atoms with Gasteiger partial charge in [0.1, 0.15) is 5.82 Å². The number of hydrogen-bond acceptors (Lipinski definition) is 2. The highest BCUT2D eigenvalue weighted by molar-refractivity contribution is 6.30. The maximum atomic E-state index is 13.9. The number of nitrogens with one attached hydrogen (secondary N) is 1. The highest BCUT2D eigenvalue weighted by Crippen LogP contribution is 2.38. The minimum atomic E-state index is -0.615. The minimum absolute atomic E-state index is 0.0319. The van der Waals surface area contributed by atoms with E-state index in [2.05, 4.69) is 5.32 Å². The Balaban J connectivity index is 2.54. The lowest BCUT2D eigenvalue weighted by atomic mass is 9.96. The van der Waals surface area contributed by atoms with Crippen LogP contribution in [0.5, 0.6) is 5.75 Å². The average molecular weight is 248 g/mol. The second-order valence-electron chi connectivity index (χ2n) is 3.79. The normalized spacial score (nSPS) is 20.1. The van der Waals surface area contributed by atoms with Crippen LogP contribution in [0.25, 0.3) is 0 Å². The van der Waals surface area contributed by atoms with Gasteiger partial charge in [0.2, 0.25) is 0 Å². The van der Waals surface area contributed by atoms with E-state index in [4.69, 9.17) is 16.3 Å². The Morgan fingerprint density at radius 1 is 1.50 bits per heavy atom. The molecule has 1 N–H and O–H groups in total. The van der Waals surface area contributed by atoms with Crippen molar-refractivity contribution >= 4 is 11.6 Å². The summed E-state index contributed by atoms with van der Waals surface area (Å²) < 4.78 is 32.3. The van der Waals surface area contributed by atoms with Gasteiger partial charge in [0, 0.05) is 18.0 Å². The van der Waals surface area contributed by atoms with E-state index in [1.165, 1.54) is 7.11 Å². The summed E-state index contributed by atoms with van der Waals surface area (Å²) >= 11 is 5.64. The predicted octanol–water partition coefficient (Wildman–Crippen LogP) is 2.70. The Morgan fingerprint density at radius 3 is 2.81 bits per heavy atom. The Bertz CT molecular complexity index is 405. The molecule has 5 heteroatoms. The van der Waals surface area contributed by atoms with Crippen molar-refractivity contribution in [2.45, 2.75) is 12.3 Å². The second-order valence-corrected chi connectivity index (χ2v) is 4.20. The zero-order valence-corrected chi connectivity index (χ0v) is 9.57. The molecule has 2 rings (SSSR count). The quantitative estimate of drug-likeness (QED) is 0.812. The van der Waals surface area contributed by atoms with Gasteiger partial charge >= 0.3 is 0 Å². The summed E-state index contributed by atoms with van der Waals surface area (Å²) in [7, 11) is 1.33. The average Bonchev–Trinajstić information content (AvgIpc) is 2.76. The molecule has 88 valence electrons. The van der Waals surface area contributed by atoms with E-state index < -0.39 is 11.6 Å². The number of benzene rings is 1. The molecule has 1 saturated heterocycles. The highest BCUT2D eigenvalue weighted by atomic mass is 35.5. The smallest absolute Gasteiger partial charge is 0.167 e. The van der Waals surface area contributed by atoms with Crippen LogP contribution in [0.1, 0.15) is 17.9 Å². The topological polar surface area (TPSA) is 21.3 Å². The summed E-state index contributed by atoms with van der Waals surface area (Å²) in [5.41, 5.74) is 0.248. The van der Waals surface area contributed by atoms with Crippen LogP contribution in [0.15, 0.2) is 6.07 Å². The lowest BCUT2D eigenvalue weighted by Gasteiger charge is -2.16. The molecule has 1 fully saturated rings. The third-order valence-electron chi connectivity index (χ3n) is 2.83. The first-order valence-electron chi connectivity index (χ1n) is 5.07. The third kappa shape index (κ3) is 1.87. The molecule has 0 bridgehead atoms. The molecule has 16 heavy (non-hydrogen) atoms. The van der Waals surface area contributed by atoms with Crippen LogP contribution in [-0.4, -0.2) is 20.2 Å². The monoisotopic (exact) mass is 247 g/mol. The fourth-order valence-electron chi connectivity index (χ4n) is 2.07. The summed E-state index contributed by atoms with van der Waals surface area (Å²) in [6.45, 7) is 1.41. The number of ether oxygens (including phenoxy) is 1. The van der Waals surface area contributed by atoms with Crippen LogP contribution in [0.3, 0.4) is 0 Å². The first kappa shape index (κ1) is 11.6. The van der Waals surface area contributed by atoms with Crippen molar-refractivity contribution in [2.24, 2.45) is 0 Å². The van der Waals surface area contributed by atoms with E-state index in [-0.39, 0.29) is 22.3 Å². The standard InChI is InChI=1S/C11H12ClF2NO/c1-16-11-8(13)4-7(12)10(14)9(11)6-2-3-15-5-6/h4,6,15H,2-3,5H2,1H3. The van der Waals surface area contributed by atoms with Gasteiger partial charge in [0.15, 0.2) is 11.6 Å². The van der Waals surface area contributed by atoms with E-state index in [1.807, 2.05) is 0 Å². The number of hydrogen-bond donors (Lipinski definition) is 1. The van der Waals surface area contributed by atoms with E-state index in [0.29, 0.717) is 6.54 Å². The van der Waals surface area contributed by atoms with Gasteiger partial charge < -0.3 is 10.1 Å². The van der Waals surface area contributed by atoms with Gasteiger partial charge in [-0.25, -0.2) is 8.78 Å². The van der Waals surface area contributed by atoms with Crippen LogP contribution in [0.2, 0.25) is 5.02 Å². The Kier molecular flexibility index (Phi) is 3.30. The first-order chi connectivity index (χ1) is 7.65. The second kappa shape index (κ2) is 4.55. The third-order valence-corrected chi connectivity index (χ3v) is 3.11. The van der Waals surface area contributed by atoms with Gasteiger partial charge in [-0.05, 0) is 19.0 Å². The molecule has 2 nitrogen and oxygen atoms in total. The molecule has 0 saturated carbocycles. The number of halogens is 3. The lowest BCUT2D eigenvalue weighted by Crippen LogP contribution is -2.11. The van der Waals surface area contributed by atoms with Gasteiger partial charge in [0.05, 0.1) is 12.1 Å². The molecule has 0 radical (unpaired) electrons. The summed E-state index contributed by atoms with van der Waals surface area (Å²) in [6.07, 6.45) is 0.757. The molecule has 1 aliphatic rings. The summed E-state index contributed by atoms with van der Waals surface area (Å²) in [5, 5.41) is 2.91. The largest absolute Gasteiger partial charge is 0.493 e. The molecular formula is C11H12ClF2NO. The van der Waals surface area contributed by atoms with Crippen LogP contribution >= 0.6 is 11.6 Å². The van der Waals surface area contributed by atoms with Crippen molar-refractivity contribution in [3.8, 4) is 5.75 Å². The SMILES string of the molecule is COc1c(F)cc(Cl)c(F)c1C1CCNC1. The maximum Gasteiger partial charge on any atom is 0.167 e. The molecule has 1 aromatic carbocycles. The van der Waals surface area contributed by atoms with Gasteiger partial charge in [0.25, 0.3) is 0 Å². The molecule has 0 aliphatic carbocycles. The van der Waals surface area contributed by atoms with E-state index in [0.717, 1.165) is 19.0 Å². The summed E-state index contributed by atoms with van der Waals surface area (Å²) in [5.74, 6) is -1.30. The van der Waals surface area contributed by atoms with Crippen LogP contribution in [-0.2, 0) is 0 Å². The summed E-state index contributed by atoms with van der Waals surface area (Å²) in [4.78, 5) is 0. The molecule has 1 aromatic rings. The molecule has 0 amide bonds. The minimum Gasteiger partial charge on any atom is -0.493 e. The molecule has 1 heterocycles. The fourth-order valence-corrected chi connectivity index (χ4v) is 2.27. The van der Waals surface area contributed by atoms with Crippen LogP contribution < -0.4 is 10.1 Å². The van der Waals surface area contributed by atoms with Crippen molar-refractivity contribution < 1.29 is 13.5 Å². The van der Waals surface area contributed by atoms with Crippen molar-refractivity contribution in [2.75, 3.05) is 20.2 Å². The molecular weight excluding hydrogens is 236 g/mol. The molecule has 1 unspecified atom stereocenters. The van der Waals surface area contributed by atoms with Gasteiger partial charge in [-0.1, -0.05) is 11.6 Å². The molecule has 0 spiro atoms. The Morgan fingerprint density at radius 2 is 2.25 bits per heavy atom. The first-order valence-corrected chi connectivity index (χ1v) is 5.45. The number of methoxy groups -OCH3 is 1. The van der Waals surface area contributed by atoms with Crippen molar-refractivity contribution in [1.29, 1.82) is 0 Å². The van der Waals surface area contributed by atoms with Crippen LogP contribution in [0.4, 0.5) is 8.78 Å². The summed E-state index contributed by atoms with van der Waals surface area (Å²) in [6, 6.07) is 0.946. The number of rotatable bonds is 2. The molecule has 0 aromatic heterocycles. The van der Waals surface area contributed by atoms with E-state index in [1.54, 1.807) is 0 Å². The zero-order chi connectivity index (χ0) is 11.7. The molecule has 1 atom stereocenters. The fraction of sp³-hybridized carbons (Fsp3) is 0.455. The van der Waals surface area contributed by atoms with Crippen LogP contribution in [0, 0.1) is 11.6 Å².